The highest BCUT2D eigenvalue weighted by Gasteiger charge is 2.40. The van der Waals surface area contributed by atoms with Crippen molar-refractivity contribution >= 4 is 15.5 Å². The average Bonchev–Trinajstić information content (AvgIpc) is 2.55. The summed E-state index contributed by atoms with van der Waals surface area (Å²) in [5.74, 6) is -3.43. The first kappa shape index (κ1) is 16.6. The lowest BCUT2D eigenvalue weighted by Gasteiger charge is -2.46. The Bertz CT molecular complexity index is 654. The summed E-state index contributed by atoms with van der Waals surface area (Å²) in [5.41, 5.74) is -0.0694. The quantitative estimate of drug-likeness (QED) is 0.838. The zero-order valence-electron chi connectivity index (χ0n) is 12.6. The van der Waals surface area contributed by atoms with Gasteiger partial charge in [-0.1, -0.05) is 12.1 Å². The summed E-state index contributed by atoms with van der Waals surface area (Å²) < 4.78 is 61.0. The molecule has 1 aromatic rings. The summed E-state index contributed by atoms with van der Waals surface area (Å²) in [6, 6.07) is 5.94. The van der Waals surface area contributed by atoms with E-state index in [0.29, 0.717) is 51.4 Å². The first-order valence-corrected chi connectivity index (χ1v) is 9.07. The normalized spacial score (nSPS) is 21.8. The Morgan fingerprint density at radius 1 is 1.13 bits per heavy atom. The van der Waals surface area contributed by atoms with Gasteiger partial charge in [0, 0.05) is 39.1 Å². The van der Waals surface area contributed by atoms with Crippen LogP contribution in [0.2, 0.25) is 0 Å². The molecule has 0 bridgehead atoms. The Hall–Kier alpha value is -1.25. The van der Waals surface area contributed by atoms with Crippen LogP contribution in [0.25, 0.3) is 0 Å². The van der Waals surface area contributed by atoms with Gasteiger partial charge in [0.1, 0.15) is 0 Å². The second kappa shape index (κ2) is 6.33. The molecule has 3 rings (SSSR count). The number of benzene rings is 1. The van der Waals surface area contributed by atoms with E-state index in [9.17, 15) is 17.2 Å². The fraction of sp³-hybridized carbons (Fsp3) is 0.600. The minimum absolute atomic E-state index is 0.320. The smallest absolute Gasteiger partial charge is 0.341 e. The second-order valence-corrected chi connectivity index (χ2v) is 7.72. The van der Waals surface area contributed by atoms with E-state index in [0.717, 1.165) is 0 Å². The van der Waals surface area contributed by atoms with Gasteiger partial charge in [-0.15, -0.1) is 0 Å². The molecule has 128 valence electrons. The van der Waals surface area contributed by atoms with Crippen LogP contribution in [0.3, 0.4) is 0 Å². The Morgan fingerprint density at radius 2 is 1.83 bits per heavy atom. The van der Waals surface area contributed by atoms with Crippen molar-refractivity contribution in [3.8, 4) is 0 Å². The number of nitrogens with zero attached hydrogens (tertiary/aromatic N) is 1. The van der Waals surface area contributed by atoms with E-state index in [2.05, 4.69) is 0 Å². The van der Waals surface area contributed by atoms with E-state index >= 15 is 0 Å². The molecule has 0 radical (unpaired) electrons. The van der Waals surface area contributed by atoms with Crippen molar-refractivity contribution in [3.05, 3.63) is 24.3 Å². The van der Waals surface area contributed by atoms with Crippen LogP contribution in [-0.2, 0) is 19.3 Å². The van der Waals surface area contributed by atoms with Crippen LogP contribution >= 0.6 is 0 Å². The van der Waals surface area contributed by atoms with Gasteiger partial charge in [-0.3, -0.25) is 0 Å². The standard InChI is InChI=1S/C15H19F2NO4S/c16-14(17)23(19,20)13-4-2-1-3-12(13)18-7-10-22-15(11-18)5-8-21-9-6-15/h1-4,14H,5-11H2. The van der Waals surface area contributed by atoms with Crippen LogP contribution in [0.1, 0.15) is 12.8 Å². The summed E-state index contributed by atoms with van der Waals surface area (Å²) in [7, 11) is -4.64. The van der Waals surface area contributed by atoms with E-state index in [1.54, 1.807) is 12.1 Å². The first-order valence-electron chi connectivity index (χ1n) is 7.52. The molecule has 2 heterocycles. The summed E-state index contributed by atoms with van der Waals surface area (Å²) in [6.07, 6.45) is 1.43. The molecule has 2 fully saturated rings. The number of morpholine rings is 1. The van der Waals surface area contributed by atoms with Crippen molar-refractivity contribution in [3.63, 3.8) is 0 Å². The molecular weight excluding hydrogens is 328 g/mol. The molecule has 0 amide bonds. The molecule has 1 spiro atoms. The van der Waals surface area contributed by atoms with Gasteiger partial charge in [-0.05, 0) is 12.1 Å². The average molecular weight is 347 g/mol. The van der Waals surface area contributed by atoms with E-state index in [1.807, 2.05) is 4.90 Å². The lowest BCUT2D eigenvalue weighted by molar-refractivity contribution is -0.116. The van der Waals surface area contributed by atoms with Crippen LogP contribution in [0, 0.1) is 0 Å². The maximum absolute atomic E-state index is 12.9. The summed E-state index contributed by atoms with van der Waals surface area (Å²) in [4.78, 5) is 1.52. The minimum Gasteiger partial charge on any atom is -0.381 e. The lowest BCUT2D eigenvalue weighted by Crippen LogP contribution is -2.54. The maximum atomic E-state index is 12.9. The first-order chi connectivity index (χ1) is 10.9. The van der Waals surface area contributed by atoms with Gasteiger partial charge in [0.2, 0.25) is 9.84 Å². The molecule has 8 heteroatoms. The van der Waals surface area contributed by atoms with Crippen molar-refractivity contribution in [2.45, 2.75) is 29.1 Å². The molecule has 5 nitrogen and oxygen atoms in total. The zero-order chi connectivity index (χ0) is 16.5. The van der Waals surface area contributed by atoms with Gasteiger partial charge in [0.15, 0.2) is 0 Å². The molecule has 2 aliphatic heterocycles. The molecule has 0 unspecified atom stereocenters. The van der Waals surface area contributed by atoms with Crippen LogP contribution in [0.4, 0.5) is 14.5 Å². The van der Waals surface area contributed by atoms with Crippen molar-refractivity contribution in [2.24, 2.45) is 0 Å². The molecule has 23 heavy (non-hydrogen) atoms. The number of halogens is 2. The number of hydrogen-bond acceptors (Lipinski definition) is 5. The third-order valence-electron chi connectivity index (χ3n) is 4.40. The SMILES string of the molecule is O=S(=O)(c1ccccc1N1CCOC2(CCOCC2)C1)C(F)F. The van der Waals surface area contributed by atoms with Crippen molar-refractivity contribution in [2.75, 3.05) is 37.8 Å². The van der Waals surface area contributed by atoms with E-state index in [4.69, 9.17) is 9.47 Å². The maximum Gasteiger partial charge on any atom is 0.341 e. The predicted octanol–water partition coefficient (Wildman–Crippen LogP) is 2.07. The van der Waals surface area contributed by atoms with E-state index in [-0.39, 0.29) is 4.90 Å². The highest BCUT2D eigenvalue weighted by molar-refractivity contribution is 7.91. The molecule has 0 N–H and O–H groups in total. The Morgan fingerprint density at radius 3 is 2.52 bits per heavy atom. The van der Waals surface area contributed by atoms with Crippen LogP contribution < -0.4 is 4.90 Å². The fourth-order valence-corrected chi connectivity index (χ4v) is 4.10. The van der Waals surface area contributed by atoms with Gasteiger partial charge in [-0.25, -0.2) is 8.42 Å². The number of sulfone groups is 1. The number of ether oxygens (including phenoxy) is 2. The number of para-hydroxylation sites is 1. The molecule has 1 aromatic carbocycles. The highest BCUT2D eigenvalue weighted by atomic mass is 32.2. The van der Waals surface area contributed by atoms with E-state index in [1.165, 1.54) is 12.1 Å². The number of alkyl halides is 2. The Balaban J connectivity index is 1.93. The molecule has 0 aromatic heterocycles. The largest absolute Gasteiger partial charge is 0.381 e. The molecule has 0 atom stereocenters. The Kier molecular flexibility index (Phi) is 4.57. The predicted molar refractivity (Wildman–Crippen MR) is 80.6 cm³/mol. The Labute approximate surface area is 134 Å². The third kappa shape index (κ3) is 3.20. The van der Waals surface area contributed by atoms with Crippen LogP contribution in [0.5, 0.6) is 0 Å². The molecular formula is C15H19F2NO4S. The summed E-state index contributed by atoms with van der Waals surface area (Å²) >= 11 is 0. The van der Waals surface area contributed by atoms with Gasteiger partial charge < -0.3 is 14.4 Å². The van der Waals surface area contributed by atoms with Crippen molar-refractivity contribution in [1.82, 2.24) is 0 Å². The molecule has 0 saturated carbocycles. The van der Waals surface area contributed by atoms with Gasteiger partial charge in [-0.2, -0.15) is 8.78 Å². The van der Waals surface area contributed by atoms with E-state index < -0.39 is 21.2 Å². The monoisotopic (exact) mass is 347 g/mol. The molecule has 2 saturated heterocycles. The summed E-state index contributed by atoms with van der Waals surface area (Å²) in [6.45, 7) is 2.56. The number of anilines is 1. The van der Waals surface area contributed by atoms with Crippen LogP contribution in [0.15, 0.2) is 29.2 Å². The topological polar surface area (TPSA) is 55.8 Å². The van der Waals surface area contributed by atoms with Crippen molar-refractivity contribution in [1.29, 1.82) is 0 Å². The van der Waals surface area contributed by atoms with Gasteiger partial charge in [0.25, 0.3) is 0 Å². The summed E-state index contributed by atoms with van der Waals surface area (Å²) in [5, 5.41) is 0. The zero-order valence-corrected chi connectivity index (χ0v) is 13.4. The van der Waals surface area contributed by atoms with Gasteiger partial charge >= 0.3 is 5.76 Å². The highest BCUT2D eigenvalue weighted by Crippen LogP contribution is 2.35. The fourth-order valence-electron chi connectivity index (χ4n) is 3.15. The lowest BCUT2D eigenvalue weighted by atomic mass is 9.92. The minimum atomic E-state index is -4.64. The third-order valence-corrected chi connectivity index (χ3v) is 5.83. The van der Waals surface area contributed by atoms with Crippen LogP contribution in [-0.4, -0.2) is 52.7 Å². The van der Waals surface area contributed by atoms with Crippen molar-refractivity contribution < 1.29 is 26.7 Å². The molecule has 0 aliphatic carbocycles. The second-order valence-electron chi connectivity index (χ2n) is 5.84. The van der Waals surface area contributed by atoms with Gasteiger partial charge in [0.05, 0.1) is 22.8 Å². The number of hydrogen-bond donors (Lipinski definition) is 0. The molecule has 2 aliphatic rings. The number of rotatable bonds is 3.